The molecule has 0 atom stereocenters. The molecule has 3 aromatic rings. The summed E-state index contributed by atoms with van der Waals surface area (Å²) in [4.78, 5) is 5.60. The van der Waals surface area contributed by atoms with Crippen LogP contribution in [0.15, 0.2) is 44.8 Å². The van der Waals surface area contributed by atoms with Gasteiger partial charge in [0.2, 0.25) is 0 Å². The fraction of sp³-hybridized carbons (Fsp3) is 0.0714. The Kier molecular flexibility index (Phi) is 3.96. The van der Waals surface area contributed by atoms with Gasteiger partial charge < -0.3 is 11.1 Å². The van der Waals surface area contributed by atoms with Gasteiger partial charge in [-0.1, -0.05) is 15.9 Å². The van der Waals surface area contributed by atoms with Crippen molar-refractivity contribution in [1.82, 2.24) is 4.98 Å². The van der Waals surface area contributed by atoms with Crippen molar-refractivity contribution in [3.8, 4) is 0 Å². The molecule has 0 aliphatic rings. The molecule has 0 fully saturated rings. The van der Waals surface area contributed by atoms with Crippen LogP contribution in [-0.2, 0) is 6.54 Å². The van der Waals surface area contributed by atoms with E-state index in [-0.39, 0.29) is 0 Å². The number of benzene rings is 1. The van der Waals surface area contributed by atoms with E-state index < -0.39 is 0 Å². The normalized spacial score (nSPS) is 10.9. The molecule has 102 valence electrons. The first-order valence-electron chi connectivity index (χ1n) is 5.95. The van der Waals surface area contributed by atoms with Crippen LogP contribution >= 0.6 is 43.2 Å². The lowest BCUT2D eigenvalue weighted by atomic mass is 10.1. The van der Waals surface area contributed by atoms with Crippen LogP contribution in [0.1, 0.15) is 4.88 Å². The zero-order valence-corrected chi connectivity index (χ0v) is 14.3. The van der Waals surface area contributed by atoms with Crippen LogP contribution in [0.4, 0.5) is 11.4 Å². The molecule has 0 saturated carbocycles. The Morgan fingerprint density at radius 2 is 2.05 bits per heavy atom. The zero-order chi connectivity index (χ0) is 14.1. The van der Waals surface area contributed by atoms with Crippen molar-refractivity contribution < 1.29 is 0 Å². The van der Waals surface area contributed by atoms with E-state index in [9.17, 15) is 0 Å². The number of halogens is 2. The van der Waals surface area contributed by atoms with Gasteiger partial charge in [0.05, 0.1) is 26.9 Å². The van der Waals surface area contributed by atoms with Gasteiger partial charge >= 0.3 is 0 Å². The molecule has 20 heavy (non-hydrogen) atoms. The second-order valence-electron chi connectivity index (χ2n) is 4.31. The van der Waals surface area contributed by atoms with Crippen LogP contribution in [0.5, 0.6) is 0 Å². The van der Waals surface area contributed by atoms with E-state index in [2.05, 4.69) is 48.2 Å². The molecule has 0 radical (unpaired) electrons. The summed E-state index contributed by atoms with van der Waals surface area (Å²) in [7, 11) is 0. The molecule has 3 rings (SSSR count). The highest BCUT2D eigenvalue weighted by Crippen LogP contribution is 2.31. The highest BCUT2D eigenvalue weighted by atomic mass is 79.9. The van der Waals surface area contributed by atoms with Gasteiger partial charge in [0.25, 0.3) is 0 Å². The SMILES string of the molecule is Nc1cnc2ccc(Br)cc2c1NCc1ccc(Br)s1. The van der Waals surface area contributed by atoms with E-state index in [0.717, 1.165) is 31.4 Å². The minimum atomic E-state index is 0.659. The molecule has 0 aliphatic heterocycles. The molecule has 0 aliphatic carbocycles. The lowest BCUT2D eigenvalue weighted by molar-refractivity contribution is 1.20. The predicted molar refractivity (Wildman–Crippen MR) is 93.2 cm³/mol. The van der Waals surface area contributed by atoms with E-state index in [1.165, 1.54) is 4.88 Å². The number of rotatable bonds is 3. The van der Waals surface area contributed by atoms with Gasteiger partial charge in [0, 0.05) is 21.3 Å². The first kappa shape index (κ1) is 13.9. The van der Waals surface area contributed by atoms with Crippen LogP contribution in [0, 0.1) is 0 Å². The van der Waals surface area contributed by atoms with Crippen LogP contribution < -0.4 is 11.1 Å². The van der Waals surface area contributed by atoms with E-state index in [1.54, 1.807) is 17.5 Å². The molecule has 0 unspecified atom stereocenters. The Balaban J connectivity index is 1.97. The highest BCUT2D eigenvalue weighted by Gasteiger charge is 2.08. The Bertz CT molecular complexity index is 765. The largest absolute Gasteiger partial charge is 0.396 e. The summed E-state index contributed by atoms with van der Waals surface area (Å²) in [6, 6.07) is 10.1. The summed E-state index contributed by atoms with van der Waals surface area (Å²) in [6.07, 6.45) is 1.70. The number of anilines is 2. The summed E-state index contributed by atoms with van der Waals surface area (Å²) in [6.45, 7) is 0.742. The zero-order valence-electron chi connectivity index (χ0n) is 10.4. The van der Waals surface area contributed by atoms with Crippen LogP contribution in [0.2, 0.25) is 0 Å². The van der Waals surface area contributed by atoms with Crippen molar-refractivity contribution in [3.63, 3.8) is 0 Å². The van der Waals surface area contributed by atoms with E-state index in [0.29, 0.717) is 5.69 Å². The number of thiophene rings is 1. The Labute approximate surface area is 137 Å². The molecule has 2 heterocycles. The fourth-order valence-electron chi connectivity index (χ4n) is 2.00. The molecule has 3 nitrogen and oxygen atoms in total. The number of hydrogen-bond acceptors (Lipinski definition) is 4. The highest BCUT2D eigenvalue weighted by molar-refractivity contribution is 9.11. The number of nitrogen functional groups attached to an aromatic ring is 1. The molecular weight excluding hydrogens is 402 g/mol. The van der Waals surface area contributed by atoms with Crippen molar-refractivity contribution in [2.75, 3.05) is 11.1 Å². The van der Waals surface area contributed by atoms with E-state index in [1.807, 2.05) is 24.3 Å². The van der Waals surface area contributed by atoms with Gasteiger partial charge in [-0.05, 0) is 46.3 Å². The smallest absolute Gasteiger partial charge is 0.0743 e. The Hall–Kier alpha value is -1.11. The number of aromatic nitrogens is 1. The first-order chi connectivity index (χ1) is 9.63. The maximum atomic E-state index is 6.06. The van der Waals surface area contributed by atoms with Gasteiger partial charge in [0.15, 0.2) is 0 Å². The summed E-state index contributed by atoms with van der Waals surface area (Å²) in [5.74, 6) is 0. The standard InChI is InChI=1S/C14H11Br2N3S/c15-8-1-3-12-10(5-8)14(11(17)7-18-12)19-6-9-2-4-13(16)20-9/h1-5,7H,6,17H2,(H,18,19). The quantitative estimate of drug-likeness (QED) is 0.635. The van der Waals surface area contributed by atoms with Gasteiger partial charge in [0.1, 0.15) is 0 Å². The van der Waals surface area contributed by atoms with Crippen LogP contribution in [0.25, 0.3) is 10.9 Å². The van der Waals surface area contributed by atoms with Gasteiger partial charge in [-0.15, -0.1) is 11.3 Å². The van der Waals surface area contributed by atoms with Gasteiger partial charge in [-0.3, -0.25) is 4.98 Å². The molecule has 3 N–H and O–H groups in total. The monoisotopic (exact) mass is 411 g/mol. The molecule has 6 heteroatoms. The lowest BCUT2D eigenvalue weighted by Gasteiger charge is -2.11. The van der Waals surface area contributed by atoms with Crippen molar-refractivity contribution >= 4 is 65.5 Å². The van der Waals surface area contributed by atoms with Crippen molar-refractivity contribution in [2.24, 2.45) is 0 Å². The average Bonchev–Trinajstić information content (AvgIpc) is 2.83. The predicted octanol–water partition coefficient (Wildman–Crippen LogP) is 5.02. The van der Waals surface area contributed by atoms with Crippen LogP contribution in [0.3, 0.4) is 0 Å². The topological polar surface area (TPSA) is 50.9 Å². The number of hydrogen-bond donors (Lipinski definition) is 2. The second kappa shape index (κ2) is 5.71. The summed E-state index contributed by atoms with van der Waals surface area (Å²) in [5, 5.41) is 4.44. The van der Waals surface area contributed by atoms with Gasteiger partial charge in [-0.2, -0.15) is 0 Å². The molecule has 2 aromatic heterocycles. The number of nitrogens with zero attached hydrogens (tertiary/aromatic N) is 1. The van der Waals surface area contributed by atoms with Crippen molar-refractivity contribution in [1.29, 1.82) is 0 Å². The maximum Gasteiger partial charge on any atom is 0.0743 e. The summed E-state index contributed by atoms with van der Waals surface area (Å²) >= 11 is 8.67. The van der Waals surface area contributed by atoms with Crippen molar-refractivity contribution in [3.05, 3.63) is 49.7 Å². The minimum Gasteiger partial charge on any atom is -0.396 e. The Morgan fingerprint density at radius 1 is 1.20 bits per heavy atom. The third-order valence-electron chi connectivity index (χ3n) is 2.93. The summed E-state index contributed by atoms with van der Waals surface area (Å²) in [5.41, 5.74) is 8.58. The molecular formula is C14H11Br2N3S. The number of nitrogens with one attached hydrogen (secondary N) is 1. The third kappa shape index (κ3) is 2.82. The van der Waals surface area contributed by atoms with Crippen molar-refractivity contribution in [2.45, 2.75) is 6.54 Å². The number of pyridine rings is 1. The average molecular weight is 413 g/mol. The van der Waals surface area contributed by atoms with Crippen LogP contribution in [-0.4, -0.2) is 4.98 Å². The molecule has 0 bridgehead atoms. The molecule has 0 saturated heterocycles. The summed E-state index contributed by atoms with van der Waals surface area (Å²) < 4.78 is 2.14. The molecule has 0 amide bonds. The van der Waals surface area contributed by atoms with E-state index in [4.69, 9.17) is 5.73 Å². The number of nitrogens with two attached hydrogens (primary N) is 1. The molecule has 1 aromatic carbocycles. The lowest BCUT2D eigenvalue weighted by Crippen LogP contribution is -2.03. The minimum absolute atomic E-state index is 0.659. The van der Waals surface area contributed by atoms with E-state index >= 15 is 0 Å². The fourth-order valence-corrected chi connectivity index (χ4v) is 3.78. The third-order valence-corrected chi connectivity index (χ3v) is 5.04. The second-order valence-corrected chi connectivity index (χ2v) is 7.77. The number of fused-ring (bicyclic) bond motifs is 1. The Morgan fingerprint density at radius 3 is 2.80 bits per heavy atom. The van der Waals surface area contributed by atoms with Gasteiger partial charge in [-0.25, -0.2) is 0 Å². The maximum absolute atomic E-state index is 6.06. The first-order valence-corrected chi connectivity index (χ1v) is 8.35. The molecule has 0 spiro atoms.